The minimum atomic E-state index is -0.765. The van der Waals surface area contributed by atoms with Crippen molar-refractivity contribution < 1.29 is 33.0 Å². The molecular formula is C18H20N2O7. The molecule has 144 valence electrons. The third-order valence-electron chi connectivity index (χ3n) is 3.29. The van der Waals surface area contributed by atoms with Gasteiger partial charge in [-0.15, -0.1) is 0 Å². The lowest BCUT2D eigenvalue weighted by molar-refractivity contribution is -0.123. The summed E-state index contributed by atoms with van der Waals surface area (Å²) in [5, 5.41) is 4.48. The second-order valence-electron chi connectivity index (χ2n) is 5.19. The SMILES string of the molecule is CCOc1cc(C(=O)OCC(=O)NC(=O)NCc2ccco2)ccc1OC. The molecule has 9 nitrogen and oxygen atoms in total. The van der Waals surface area contributed by atoms with E-state index in [9.17, 15) is 14.4 Å². The fourth-order valence-electron chi connectivity index (χ4n) is 2.07. The van der Waals surface area contributed by atoms with E-state index in [2.05, 4.69) is 5.32 Å². The summed E-state index contributed by atoms with van der Waals surface area (Å²) >= 11 is 0. The number of methoxy groups -OCH3 is 1. The predicted molar refractivity (Wildman–Crippen MR) is 93.5 cm³/mol. The summed E-state index contributed by atoms with van der Waals surface area (Å²) in [5.41, 5.74) is 0.189. The number of urea groups is 1. The van der Waals surface area contributed by atoms with Crippen LogP contribution < -0.4 is 20.1 Å². The third-order valence-corrected chi connectivity index (χ3v) is 3.29. The van der Waals surface area contributed by atoms with Gasteiger partial charge < -0.3 is 23.9 Å². The highest BCUT2D eigenvalue weighted by molar-refractivity contribution is 5.97. The molecule has 3 amide bonds. The van der Waals surface area contributed by atoms with Crippen molar-refractivity contribution in [2.75, 3.05) is 20.3 Å². The van der Waals surface area contributed by atoms with Gasteiger partial charge in [-0.25, -0.2) is 9.59 Å². The number of benzene rings is 1. The summed E-state index contributed by atoms with van der Waals surface area (Å²) in [7, 11) is 1.48. The van der Waals surface area contributed by atoms with Crippen LogP contribution in [0.3, 0.4) is 0 Å². The molecule has 0 aliphatic heterocycles. The van der Waals surface area contributed by atoms with Crippen LogP contribution in [-0.2, 0) is 16.1 Å². The average molecular weight is 376 g/mol. The Bertz CT molecular complexity index is 787. The summed E-state index contributed by atoms with van der Waals surface area (Å²) in [6, 6.07) is 7.13. The van der Waals surface area contributed by atoms with Gasteiger partial charge in [-0.2, -0.15) is 0 Å². The number of hydrogen-bond donors (Lipinski definition) is 2. The average Bonchev–Trinajstić information content (AvgIpc) is 3.18. The van der Waals surface area contributed by atoms with Crippen molar-refractivity contribution >= 4 is 17.9 Å². The summed E-state index contributed by atoms with van der Waals surface area (Å²) in [6.07, 6.45) is 1.47. The van der Waals surface area contributed by atoms with Gasteiger partial charge in [0.05, 0.1) is 32.1 Å². The van der Waals surface area contributed by atoms with Crippen molar-refractivity contribution in [1.82, 2.24) is 10.6 Å². The number of nitrogens with one attached hydrogen (secondary N) is 2. The Balaban J connectivity index is 1.81. The molecule has 0 bridgehead atoms. The molecule has 2 aromatic rings. The Morgan fingerprint density at radius 2 is 1.96 bits per heavy atom. The van der Waals surface area contributed by atoms with Gasteiger partial charge in [0.25, 0.3) is 5.91 Å². The van der Waals surface area contributed by atoms with Gasteiger partial charge in [0.2, 0.25) is 0 Å². The predicted octanol–water partition coefficient (Wildman–Crippen LogP) is 1.87. The number of carbonyl (C=O) groups excluding carboxylic acids is 3. The van der Waals surface area contributed by atoms with E-state index in [1.807, 2.05) is 5.32 Å². The maximum atomic E-state index is 12.1. The number of esters is 1. The lowest BCUT2D eigenvalue weighted by Gasteiger charge is -2.11. The summed E-state index contributed by atoms with van der Waals surface area (Å²) < 4.78 is 20.5. The molecule has 0 spiro atoms. The number of amides is 3. The van der Waals surface area contributed by atoms with Gasteiger partial charge in [-0.05, 0) is 37.3 Å². The zero-order valence-corrected chi connectivity index (χ0v) is 14.9. The highest BCUT2D eigenvalue weighted by atomic mass is 16.5. The normalized spacial score (nSPS) is 10.0. The molecule has 2 N–H and O–H groups in total. The molecule has 0 saturated carbocycles. The van der Waals surface area contributed by atoms with E-state index in [0.29, 0.717) is 23.9 Å². The van der Waals surface area contributed by atoms with Crippen molar-refractivity contribution in [1.29, 1.82) is 0 Å². The smallest absolute Gasteiger partial charge is 0.338 e. The zero-order chi connectivity index (χ0) is 19.6. The van der Waals surface area contributed by atoms with E-state index in [-0.39, 0.29) is 12.1 Å². The monoisotopic (exact) mass is 376 g/mol. The third kappa shape index (κ3) is 6.07. The fourth-order valence-corrected chi connectivity index (χ4v) is 2.07. The molecule has 1 heterocycles. The first kappa shape index (κ1) is 19.8. The van der Waals surface area contributed by atoms with Gasteiger partial charge in [-0.3, -0.25) is 10.1 Å². The molecule has 0 unspecified atom stereocenters. The van der Waals surface area contributed by atoms with Crippen LogP contribution in [0, 0.1) is 0 Å². The first-order chi connectivity index (χ1) is 13.0. The molecule has 0 atom stereocenters. The largest absolute Gasteiger partial charge is 0.493 e. The van der Waals surface area contributed by atoms with Crippen molar-refractivity contribution in [3.8, 4) is 11.5 Å². The summed E-state index contributed by atoms with van der Waals surface area (Å²) in [6.45, 7) is 1.71. The maximum Gasteiger partial charge on any atom is 0.338 e. The second kappa shape index (κ2) is 9.85. The highest BCUT2D eigenvalue weighted by Gasteiger charge is 2.15. The molecule has 1 aromatic heterocycles. The van der Waals surface area contributed by atoms with Crippen LogP contribution in [0.15, 0.2) is 41.0 Å². The number of furan rings is 1. The topological polar surface area (TPSA) is 116 Å². The van der Waals surface area contributed by atoms with Crippen LogP contribution in [0.2, 0.25) is 0 Å². The standard InChI is InChI=1S/C18H20N2O7/c1-3-25-15-9-12(6-7-14(15)24-2)17(22)27-11-16(21)20-18(23)19-10-13-5-4-8-26-13/h4-9H,3,10-11H2,1-2H3,(H2,19,20,21,23). The zero-order valence-electron chi connectivity index (χ0n) is 14.9. The molecule has 1 aromatic carbocycles. The Hall–Kier alpha value is -3.49. The summed E-state index contributed by atoms with van der Waals surface area (Å²) in [5.74, 6) is -0.104. The van der Waals surface area contributed by atoms with E-state index in [0.717, 1.165) is 0 Å². The molecular weight excluding hydrogens is 356 g/mol. The quantitative estimate of drug-likeness (QED) is 0.676. The molecule has 0 saturated heterocycles. The van der Waals surface area contributed by atoms with Gasteiger partial charge in [0.15, 0.2) is 18.1 Å². The second-order valence-corrected chi connectivity index (χ2v) is 5.19. The Kier molecular flexibility index (Phi) is 7.24. The van der Waals surface area contributed by atoms with Gasteiger partial charge in [0, 0.05) is 0 Å². The summed E-state index contributed by atoms with van der Waals surface area (Å²) in [4.78, 5) is 35.4. The van der Waals surface area contributed by atoms with Crippen LogP contribution in [0.5, 0.6) is 11.5 Å². The van der Waals surface area contributed by atoms with E-state index < -0.39 is 24.5 Å². The van der Waals surface area contributed by atoms with Crippen molar-refractivity contribution in [3.05, 3.63) is 47.9 Å². The Morgan fingerprint density at radius 3 is 2.63 bits per heavy atom. The number of hydrogen-bond acceptors (Lipinski definition) is 7. The number of ether oxygens (including phenoxy) is 3. The highest BCUT2D eigenvalue weighted by Crippen LogP contribution is 2.28. The van der Waals surface area contributed by atoms with Gasteiger partial charge in [0.1, 0.15) is 5.76 Å². The minimum Gasteiger partial charge on any atom is -0.493 e. The molecule has 0 fully saturated rings. The van der Waals surface area contributed by atoms with Gasteiger partial charge in [-0.1, -0.05) is 0 Å². The Morgan fingerprint density at radius 1 is 1.15 bits per heavy atom. The van der Waals surface area contributed by atoms with E-state index in [1.165, 1.54) is 25.5 Å². The minimum absolute atomic E-state index is 0.123. The lowest BCUT2D eigenvalue weighted by Crippen LogP contribution is -2.41. The van der Waals surface area contributed by atoms with E-state index >= 15 is 0 Å². The lowest BCUT2D eigenvalue weighted by atomic mass is 10.2. The molecule has 0 aliphatic rings. The van der Waals surface area contributed by atoms with Crippen LogP contribution in [0.25, 0.3) is 0 Å². The van der Waals surface area contributed by atoms with Gasteiger partial charge >= 0.3 is 12.0 Å². The molecule has 27 heavy (non-hydrogen) atoms. The van der Waals surface area contributed by atoms with Crippen LogP contribution in [0.1, 0.15) is 23.0 Å². The number of carbonyl (C=O) groups is 3. The molecule has 0 radical (unpaired) electrons. The van der Waals surface area contributed by atoms with Crippen LogP contribution >= 0.6 is 0 Å². The fraction of sp³-hybridized carbons (Fsp3) is 0.278. The molecule has 0 aliphatic carbocycles. The van der Waals surface area contributed by atoms with Crippen LogP contribution in [-0.4, -0.2) is 38.2 Å². The number of imide groups is 1. The molecule has 9 heteroatoms. The van der Waals surface area contributed by atoms with Crippen LogP contribution in [0.4, 0.5) is 4.79 Å². The van der Waals surface area contributed by atoms with Crippen molar-refractivity contribution in [2.24, 2.45) is 0 Å². The maximum absolute atomic E-state index is 12.1. The number of rotatable bonds is 8. The Labute approximate surface area is 155 Å². The molecule has 2 rings (SSSR count). The first-order valence-corrected chi connectivity index (χ1v) is 8.11. The first-order valence-electron chi connectivity index (χ1n) is 8.11. The van der Waals surface area contributed by atoms with E-state index in [1.54, 1.807) is 25.1 Å². The van der Waals surface area contributed by atoms with E-state index in [4.69, 9.17) is 18.6 Å². The van der Waals surface area contributed by atoms with Crippen molar-refractivity contribution in [3.63, 3.8) is 0 Å². The van der Waals surface area contributed by atoms with Crippen molar-refractivity contribution in [2.45, 2.75) is 13.5 Å².